The van der Waals surface area contributed by atoms with Gasteiger partial charge in [-0.3, -0.25) is 0 Å². The van der Waals surface area contributed by atoms with Crippen molar-refractivity contribution in [2.45, 2.75) is 60.8 Å². The van der Waals surface area contributed by atoms with Gasteiger partial charge in [0.25, 0.3) is 0 Å². The van der Waals surface area contributed by atoms with Crippen LogP contribution >= 0.6 is 0 Å². The van der Waals surface area contributed by atoms with Crippen LogP contribution in [0, 0.1) is 23.7 Å². The number of ether oxygens (including phenoxy) is 6. The van der Waals surface area contributed by atoms with Crippen LogP contribution in [0.2, 0.25) is 0 Å². The van der Waals surface area contributed by atoms with Crippen LogP contribution in [-0.4, -0.2) is 90.1 Å². The molecule has 0 aromatic heterocycles. The van der Waals surface area contributed by atoms with E-state index >= 15 is 0 Å². The van der Waals surface area contributed by atoms with Crippen molar-refractivity contribution < 1.29 is 47.6 Å². The van der Waals surface area contributed by atoms with E-state index < -0.39 is 24.1 Å². The molecule has 3 atom stereocenters. The minimum Gasteiger partial charge on any atom is -0.461 e. The van der Waals surface area contributed by atoms with E-state index in [4.69, 9.17) is 28.4 Å². The Kier molecular flexibility index (Phi) is 23.5. The Morgan fingerprint density at radius 3 is 1.70 bits per heavy atom. The quantitative estimate of drug-likeness (QED) is 0.0693. The Hall–Kier alpha value is -3.12. The first-order valence-corrected chi connectivity index (χ1v) is 15.0. The third-order valence-corrected chi connectivity index (χ3v) is 5.90. The van der Waals surface area contributed by atoms with Crippen molar-refractivity contribution in [2.24, 2.45) is 23.7 Å². The smallest absolute Gasteiger partial charge is 0.407 e. The molecule has 0 aliphatic heterocycles. The molecule has 2 amide bonds. The lowest BCUT2D eigenvalue weighted by molar-refractivity contribution is -0.139. The number of rotatable bonds is 24. The summed E-state index contributed by atoms with van der Waals surface area (Å²) < 4.78 is 31.6. The molecule has 248 valence electrons. The topological polar surface area (TPSA) is 148 Å². The third-order valence-electron chi connectivity index (χ3n) is 5.90. The minimum atomic E-state index is -0.574. The van der Waals surface area contributed by atoms with Gasteiger partial charge in [-0.05, 0) is 49.9 Å². The van der Waals surface area contributed by atoms with Gasteiger partial charge in [-0.1, -0.05) is 47.3 Å². The number of carbonyl (C=O) groups excluding carboxylic acids is 4. The van der Waals surface area contributed by atoms with Crippen molar-refractivity contribution >= 4 is 24.1 Å². The van der Waals surface area contributed by atoms with E-state index in [1.807, 2.05) is 26.8 Å². The zero-order chi connectivity index (χ0) is 32.5. The maximum atomic E-state index is 12.2. The molecule has 3 unspecified atom stereocenters. The average molecular weight is 615 g/mol. The fourth-order valence-corrected chi connectivity index (χ4v) is 3.18. The van der Waals surface area contributed by atoms with Crippen molar-refractivity contribution in [3.05, 3.63) is 24.3 Å². The molecule has 0 bridgehead atoms. The molecule has 0 aromatic rings. The molecular weight excluding hydrogens is 560 g/mol. The van der Waals surface area contributed by atoms with Crippen LogP contribution in [0.5, 0.6) is 0 Å². The van der Waals surface area contributed by atoms with Crippen molar-refractivity contribution in [1.82, 2.24) is 10.6 Å². The summed E-state index contributed by atoms with van der Waals surface area (Å²) in [5.41, 5.74) is 0.492. The third kappa shape index (κ3) is 25.1. The Balaban J connectivity index is 3.90. The predicted molar refractivity (Wildman–Crippen MR) is 162 cm³/mol. The van der Waals surface area contributed by atoms with Crippen molar-refractivity contribution in [3.63, 3.8) is 0 Å². The van der Waals surface area contributed by atoms with E-state index in [2.05, 4.69) is 31.1 Å². The zero-order valence-corrected chi connectivity index (χ0v) is 26.9. The molecule has 0 aromatic carbocycles. The number of hydrogen-bond donors (Lipinski definition) is 2. The SMILES string of the molecule is C=CC(=O)OCCNC(=O)OCC(C)CCOCC(C)C/C=C(\C)C(=O)OCCNC(=O)OCC(C)CCOCC(C)C. The van der Waals surface area contributed by atoms with Gasteiger partial charge < -0.3 is 39.1 Å². The number of hydrogen-bond acceptors (Lipinski definition) is 10. The average Bonchev–Trinajstić information content (AvgIpc) is 2.97. The monoisotopic (exact) mass is 614 g/mol. The van der Waals surface area contributed by atoms with Crippen LogP contribution in [0.25, 0.3) is 0 Å². The van der Waals surface area contributed by atoms with Crippen LogP contribution < -0.4 is 10.6 Å². The van der Waals surface area contributed by atoms with Gasteiger partial charge in [-0.2, -0.15) is 0 Å². The Bertz CT molecular complexity index is 846. The lowest BCUT2D eigenvalue weighted by atomic mass is 10.1. The summed E-state index contributed by atoms with van der Waals surface area (Å²) in [5.74, 6) is -0.00382. The molecule has 12 heteroatoms. The van der Waals surface area contributed by atoms with Gasteiger partial charge >= 0.3 is 24.1 Å². The summed E-state index contributed by atoms with van der Waals surface area (Å²) in [6.45, 7) is 18.5. The van der Waals surface area contributed by atoms with Crippen LogP contribution in [0.1, 0.15) is 60.8 Å². The summed E-state index contributed by atoms with van der Waals surface area (Å²) >= 11 is 0. The largest absolute Gasteiger partial charge is 0.461 e. The number of alkyl carbamates (subject to hydrolysis) is 2. The van der Waals surface area contributed by atoms with Crippen LogP contribution in [-0.2, 0) is 38.0 Å². The number of esters is 2. The molecule has 0 rings (SSSR count). The van der Waals surface area contributed by atoms with Gasteiger partial charge in [0.2, 0.25) is 0 Å². The predicted octanol–water partition coefficient (Wildman–Crippen LogP) is 4.43. The first-order valence-electron chi connectivity index (χ1n) is 15.0. The van der Waals surface area contributed by atoms with Crippen molar-refractivity contribution in [1.29, 1.82) is 0 Å². The highest BCUT2D eigenvalue weighted by molar-refractivity contribution is 5.87. The summed E-state index contributed by atoms with van der Waals surface area (Å²) in [6, 6.07) is 0. The van der Waals surface area contributed by atoms with Crippen molar-refractivity contribution in [3.8, 4) is 0 Å². The second-order valence-electron chi connectivity index (χ2n) is 11.1. The summed E-state index contributed by atoms with van der Waals surface area (Å²) in [4.78, 5) is 46.6. The van der Waals surface area contributed by atoms with Crippen LogP contribution in [0.4, 0.5) is 9.59 Å². The molecule has 0 fully saturated rings. The Labute approximate surface area is 257 Å². The van der Waals surface area contributed by atoms with Gasteiger partial charge in [0, 0.05) is 38.1 Å². The van der Waals surface area contributed by atoms with Crippen LogP contribution in [0.15, 0.2) is 24.3 Å². The fourth-order valence-electron chi connectivity index (χ4n) is 3.18. The van der Waals surface area contributed by atoms with E-state index in [0.29, 0.717) is 50.8 Å². The molecule has 0 aliphatic carbocycles. The molecule has 12 nitrogen and oxygen atoms in total. The molecule has 2 N–H and O–H groups in total. The number of allylic oxidation sites excluding steroid dienone is 1. The van der Waals surface area contributed by atoms with Gasteiger partial charge in [-0.25, -0.2) is 19.2 Å². The molecular formula is C31H54N2O10. The highest BCUT2D eigenvalue weighted by atomic mass is 16.6. The van der Waals surface area contributed by atoms with E-state index in [-0.39, 0.29) is 50.7 Å². The molecule has 43 heavy (non-hydrogen) atoms. The standard InChI is InChI=1S/C31H54N2O10/c1-8-28(34)40-17-13-32-30(36)42-22-26(6)12-16-39-20-24(4)9-10-27(7)29(35)41-18-14-33-31(37)43-21-25(5)11-15-38-19-23(2)3/h8,10,23-26H,1,9,11-22H2,2-7H3,(H,32,36)(H,33,37)/b27-10+. The maximum Gasteiger partial charge on any atom is 0.407 e. The van der Waals surface area contributed by atoms with E-state index in [1.165, 1.54) is 0 Å². The molecule has 0 aliphatic rings. The van der Waals surface area contributed by atoms with E-state index in [1.54, 1.807) is 6.92 Å². The highest BCUT2D eigenvalue weighted by Crippen LogP contribution is 2.10. The van der Waals surface area contributed by atoms with Gasteiger partial charge in [0.1, 0.15) is 13.2 Å². The fraction of sp³-hybridized carbons (Fsp3) is 0.742. The van der Waals surface area contributed by atoms with E-state index in [9.17, 15) is 19.2 Å². The first-order chi connectivity index (χ1) is 20.4. The van der Waals surface area contributed by atoms with Gasteiger partial charge in [0.15, 0.2) is 0 Å². The lowest BCUT2D eigenvalue weighted by Crippen LogP contribution is -2.30. The van der Waals surface area contributed by atoms with Gasteiger partial charge in [-0.15, -0.1) is 0 Å². The molecule has 0 heterocycles. The normalized spacial score (nSPS) is 13.4. The second kappa shape index (κ2) is 25.4. The zero-order valence-electron chi connectivity index (χ0n) is 26.9. The molecule has 0 spiro atoms. The number of amides is 2. The van der Waals surface area contributed by atoms with Crippen LogP contribution in [0.3, 0.4) is 0 Å². The summed E-state index contributed by atoms with van der Waals surface area (Å²) in [6.07, 6.45) is 3.92. The summed E-state index contributed by atoms with van der Waals surface area (Å²) in [5, 5.41) is 5.08. The Morgan fingerprint density at radius 1 is 0.674 bits per heavy atom. The highest BCUT2D eigenvalue weighted by Gasteiger charge is 2.11. The Morgan fingerprint density at radius 2 is 1.19 bits per heavy atom. The maximum absolute atomic E-state index is 12.2. The molecule has 0 radical (unpaired) electrons. The molecule has 0 saturated heterocycles. The first kappa shape index (κ1) is 39.9. The summed E-state index contributed by atoms with van der Waals surface area (Å²) in [7, 11) is 0. The number of carbonyl (C=O) groups is 4. The molecule has 0 saturated carbocycles. The lowest BCUT2D eigenvalue weighted by Gasteiger charge is -2.14. The second-order valence-corrected chi connectivity index (χ2v) is 11.1. The number of nitrogens with one attached hydrogen (secondary N) is 2. The van der Waals surface area contributed by atoms with Crippen molar-refractivity contribution in [2.75, 3.05) is 65.9 Å². The van der Waals surface area contributed by atoms with Gasteiger partial charge in [0.05, 0.1) is 26.3 Å². The minimum absolute atomic E-state index is 0.0444. The van der Waals surface area contributed by atoms with E-state index in [0.717, 1.165) is 19.1 Å².